The highest BCUT2D eigenvalue weighted by Gasteiger charge is 2.32. The molecular formula is C18H26N4O4S. The Morgan fingerprint density at radius 3 is 2.48 bits per heavy atom. The molecule has 0 bridgehead atoms. The predicted octanol–water partition coefficient (Wildman–Crippen LogP) is 2.70. The van der Waals surface area contributed by atoms with Gasteiger partial charge in [-0.05, 0) is 26.7 Å². The van der Waals surface area contributed by atoms with Gasteiger partial charge >= 0.3 is 0 Å². The first-order valence-corrected chi connectivity index (χ1v) is 11.1. The molecular weight excluding hydrogens is 368 g/mol. The van der Waals surface area contributed by atoms with Crippen molar-refractivity contribution < 1.29 is 17.3 Å². The van der Waals surface area contributed by atoms with Gasteiger partial charge in [-0.1, -0.05) is 12.8 Å². The van der Waals surface area contributed by atoms with Gasteiger partial charge in [0.2, 0.25) is 11.0 Å². The zero-order valence-electron chi connectivity index (χ0n) is 15.8. The molecule has 148 valence electrons. The number of hydrogen-bond acceptors (Lipinski definition) is 7. The topological polar surface area (TPSA) is 92.7 Å². The number of furan rings is 1. The van der Waals surface area contributed by atoms with Crippen LogP contribution in [0.3, 0.4) is 0 Å². The summed E-state index contributed by atoms with van der Waals surface area (Å²) in [6.45, 7) is 6.60. The molecule has 2 aromatic rings. The average Bonchev–Trinajstić information content (AvgIpc) is 3.41. The fourth-order valence-corrected chi connectivity index (χ4v) is 5.18. The molecule has 2 aliphatic rings. The molecule has 0 unspecified atom stereocenters. The average molecular weight is 394 g/mol. The zero-order valence-corrected chi connectivity index (χ0v) is 16.6. The maximum absolute atomic E-state index is 12.9. The lowest BCUT2D eigenvalue weighted by Crippen LogP contribution is -2.50. The molecule has 2 fully saturated rings. The van der Waals surface area contributed by atoms with E-state index in [1.807, 2.05) is 0 Å². The van der Waals surface area contributed by atoms with Gasteiger partial charge in [0.05, 0.1) is 5.56 Å². The Kier molecular flexibility index (Phi) is 5.09. The summed E-state index contributed by atoms with van der Waals surface area (Å²) in [6, 6.07) is 1.90. The Balaban J connectivity index is 1.48. The van der Waals surface area contributed by atoms with Gasteiger partial charge in [0.25, 0.3) is 15.9 Å². The minimum Gasteiger partial charge on any atom is -0.451 e. The quantitative estimate of drug-likeness (QED) is 0.770. The van der Waals surface area contributed by atoms with Crippen LogP contribution in [-0.4, -0.2) is 60.0 Å². The summed E-state index contributed by atoms with van der Waals surface area (Å²) in [5, 5.41) is 8.14. The third-order valence-electron chi connectivity index (χ3n) is 5.57. The van der Waals surface area contributed by atoms with Crippen LogP contribution >= 0.6 is 0 Å². The van der Waals surface area contributed by atoms with Gasteiger partial charge in [-0.2, -0.15) is 4.31 Å². The van der Waals surface area contributed by atoms with E-state index in [9.17, 15) is 8.42 Å². The van der Waals surface area contributed by atoms with E-state index < -0.39 is 10.0 Å². The van der Waals surface area contributed by atoms with Gasteiger partial charge in [0.1, 0.15) is 6.26 Å². The SMILES string of the molecule is CC(C)N1CCN(S(=O)(=O)c2cc(-c3nnc(C4CCCC4)o3)co2)CC1. The van der Waals surface area contributed by atoms with Crippen molar-refractivity contribution in [3.05, 3.63) is 18.2 Å². The van der Waals surface area contributed by atoms with Crippen LogP contribution in [0.5, 0.6) is 0 Å². The molecule has 8 nitrogen and oxygen atoms in total. The monoisotopic (exact) mass is 394 g/mol. The molecule has 0 aromatic carbocycles. The third kappa shape index (κ3) is 3.68. The van der Waals surface area contributed by atoms with Crippen LogP contribution in [-0.2, 0) is 10.0 Å². The lowest BCUT2D eigenvalue weighted by atomic mass is 10.1. The first-order chi connectivity index (χ1) is 12.9. The first kappa shape index (κ1) is 18.6. The van der Waals surface area contributed by atoms with Crippen molar-refractivity contribution in [2.75, 3.05) is 26.2 Å². The number of rotatable bonds is 5. The summed E-state index contributed by atoms with van der Waals surface area (Å²) in [7, 11) is -3.66. The fourth-order valence-electron chi connectivity index (χ4n) is 3.84. The van der Waals surface area contributed by atoms with Crippen LogP contribution in [0.25, 0.3) is 11.5 Å². The van der Waals surface area contributed by atoms with Gasteiger partial charge in [-0.3, -0.25) is 4.90 Å². The number of nitrogens with zero attached hydrogens (tertiary/aromatic N) is 4. The van der Waals surface area contributed by atoms with E-state index in [1.54, 1.807) is 0 Å². The number of aromatic nitrogens is 2. The van der Waals surface area contributed by atoms with Gasteiger partial charge in [0, 0.05) is 44.2 Å². The summed E-state index contributed by atoms with van der Waals surface area (Å²) < 4.78 is 38.4. The van der Waals surface area contributed by atoms with E-state index in [0.717, 1.165) is 25.9 Å². The van der Waals surface area contributed by atoms with Crippen LogP contribution in [0.4, 0.5) is 0 Å². The largest absolute Gasteiger partial charge is 0.451 e. The zero-order chi connectivity index (χ0) is 19.0. The van der Waals surface area contributed by atoms with Crippen LogP contribution in [0.15, 0.2) is 26.3 Å². The molecule has 3 heterocycles. The molecule has 0 spiro atoms. The molecule has 1 saturated carbocycles. The van der Waals surface area contributed by atoms with E-state index >= 15 is 0 Å². The van der Waals surface area contributed by atoms with E-state index in [4.69, 9.17) is 8.83 Å². The highest BCUT2D eigenvalue weighted by molar-refractivity contribution is 7.89. The van der Waals surface area contributed by atoms with Crippen LogP contribution in [0.2, 0.25) is 0 Å². The fraction of sp³-hybridized carbons (Fsp3) is 0.667. The summed E-state index contributed by atoms with van der Waals surface area (Å²) in [5.74, 6) is 1.27. The van der Waals surface area contributed by atoms with Gasteiger partial charge < -0.3 is 8.83 Å². The standard InChI is InChI=1S/C18H26N4O4S/c1-13(2)21-7-9-22(10-8-21)27(23,24)16-11-15(12-25-16)18-20-19-17(26-18)14-5-3-4-6-14/h11-14H,3-10H2,1-2H3. The Bertz CT molecular complexity index is 875. The normalized spacial score (nSPS) is 20.7. The number of hydrogen-bond donors (Lipinski definition) is 0. The molecule has 0 N–H and O–H groups in total. The smallest absolute Gasteiger partial charge is 0.276 e. The number of piperazine rings is 1. The van der Waals surface area contributed by atoms with Gasteiger partial charge in [-0.15, -0.1) is 10.2 Å². The maximum atomic E-state index is 12.9. The lowest BCUT2D eigenvalue weighted by molar-refractivity contribution is 0.153. The molecule has 1 aliphatic carbocycles. The molecule has 27 heavy (non-hydrogen) atoms. The van der Waals surface area contributed by atoms with Gasteiger partial charge in [0.15, 0.2) is 0 Å². The second-order valence-corrected chi connectivity index (χ2v) is 9.48. The summed E-state index contributed by atoms with van der Waals surface area (Å²) in [5.41, 5.74) is 0.506. The lowest BCUT2D eigenvalue weighted by Gasteiger charge is -2.35. The molecule has 4 rings (SSSR count). The first-order valence-electron chi connectivity index (χ1n) is 9.61. The van der Waals surface area contributed by atoms with Crippen molar-refractivity contribution >= 4 is 10.0 Å². The Morgan fingerprint density at radius 1 is 1.11 bits per heavy atom. The molecule has 0 atom stereocenters. The van der Waals surface area contributed by atoms with E-state index in [2.05, 4.69) is 28.9 Å². The summed E-state index contributed by atoms with van der Waals surface area (Å²) >= 11 is 0. The minimum absolute atomic E-state index is 0.0730. The van der Waals surface area contributed by atoms with Crippen molar-refractivity contribution in [3.63, 3.8) is 0 Å². The highest BCUT2D eigenvalue weighted by Crippen LogP contribution is 2.35. The maximum Gasteiger partial charge on any atom is 0.276 e. The van der Waals surface area contributed by atoms with Crippen LogP contribution in [0.1, 0.15) is 51.3 Å². The van der Waals surface area contributed by atoms with Crippen LogP contribution in [0, 0.1) is 0 Å². The van der Waals surface area contributed by atoms with Crippen molar-refractivity contribution in [2.45, 2.75) is 56.6 Å². The van der Waals surface area contributed by atoms with Gasteiger partial charge in [-0.25, -0.2) is 8.42 Å². The predicted molar refractivity (Wildman–Crippen MR) is 98.7 cm³/mol. The number of sulfonamides is 1. The Morgan fingerprint density at radius 2 is 1.81 bits per heavy atom. The molecule has 0 amide bonds. The minimum atomic E-state index is -3.66. The molecule has 1 aliphatic heterocycles. The van der Waals surface area contributed by atoms with Crippen molar-refractivity contribution in [3.8, 4) is 11.5 Å². The Labute approximate surface area is 159 Å². The van der Waals surface area contributed by atoms with Crippen molar-refractivity contribution in [1.29, 1.82) is 0 Å². The van der Waals surface area contributed by atoms with Crippen molar-refractivity contribution in [2.24, 2.45) is 0 Å². The second kappa shape index (κ2) is 7.37. The summed E-state index contributed by atoms with van der Waals surface area (Å²) in [6.07, 6.45) is 5.87. The molecule has 1 saturated heterocycles. The summed E-state index contributed by atoms with van der Waals surface area (Å²) in [4.78, 5) is 2.27. The van der Waals surface area contributed by atoms with E-state index in [1.165, 1.54) is 29.5 Å². The third-order valence-corrected chi connectivity index (χ3v) is 7.33. The van der Waals surface area contributed by atoms with Crippen LogP contribution < -0.4 is 0 Å². The van der Waals surface area contributed by atoms with Crippen molar-refractivity contribution in [1.82, 2.24) is 19.4 Å². The molecule has 9 heteroatoms. The second-order valence-electron chi connectivity index (χ2n) is 7.62. The van der Waals surface area contributed by atoms with E-state index in [0.29, 0.717) is 42.4 Å². The molecule has 2 aromatic heterocycles. The Hall–Kier alpha value is -1.71. The molecule has 0 radical (unpaired) electrons. The van der Waals surface area contributed by atoms with E-state index in [-0.39, 0.29) is 5.09 Å². The highest BCUT2D eigenvalue weighted by atomic mass is 32.2.